The van der Waals surface area contributed by atoms with Gasteiger partial charge in [0.1, 0.15) is 6.04 Å². The summed E-state index contributed by atoms with van der Waals surface area (Å²) in [4.78, 5) is 41.9. The molecule has 3 amide bonds. The first-order valence-electron chi connectivity index (χ1n) is 12.1. The SMILES string of the molecule is O=C(NCC(=O)N(c1ccc2c(c1)OCO2)[C@@H](C(=O)NC[C@@H]1CCCO1)c1ccccc1)c1cccs1. The predicted molar refractivity (Wildman–Crippen MR) is 138 cm³/mol. The molecule has 2 aromatic carbocycles. The zero-order chi connectivity index (χ0) is 25.6. The zero-order valence-corrected chi connectivity index (χ0v) is 20.9. The molecule has 2 atom stereocenters. The van der Waals surface area contributed by atoms with Gasteiger partial charge in [-0.1, -0.05) is 36.4 Å². The van der Waals surface area contributed by atoms with Gasteiger partial charge >= 0.3 is 0 Å². The van der Waals surface area contributed by atoms with Crippen molar-refractivity contribution in [3.63, 3.8) is 0 Å². The molecule has 0 aliphatic carbocycles. The average molecular weight is 522 g/mol. The van der Waals surface area contributed by atoms with E-state index in [0.29, 0.717) is 40.8 Å². The average Bonchev–Trinajstić information content (AvgIpc) is 3.72. The highest BCUT2D eigenvalue weighted by molar-refractivity contribution is 7.12. The summed E-state index contributed by atoms with van der Waals surface area (Å²) in [6, 6.07) is 16.6. The smallest absolute Gasteiger partial charge is 0.261 e. The number of hydrogen-bond donors (Lipinski definition) is 2. The molecule has 37 heavy (non-hydrogen) atoms. The van der Waals surface area contributed by atoms with Gasteiger partial charge in [0.05, 0.1) is 17.5 Å². The Balaban J connectivity index is 1.46. The lowest BCUT2D eigenvalue weighted by Gasteiger charge is -2.32. The highest BCUT2D eigenvalue weighted by atomic mass is 32.1. The number of nitrogens with one attached hydrogen (secondary N) is 2. The Kier molecular flexibility index (Phi) is 7.67. The maximum atomic E-state index is 13.7. The van der Waals surface area contributed by atoms with E-state index in [1.165, 1.54) is 16.2 Å². The first-order valence-corrected chi connectivity index (χ1v) is 13.0. The van der Waals surface area contributed by atoms with Crippen LogP contribution in [0, 0.1) is 0 Å². The summed E-state index contributed by atoms with van der Waals surface area (Å²) < 4.78 is 16.6. The summed E-state index contributed by atoms with van der Waals surface area (Å²) in [5, 5.41) is 7.44. The molecular formula is C27H27N3O6S. The predicted octanol–water partition coefficient (Wildman–Crippen LogP) is 3.28. The summed E-state index contributed by atoms with van der Waals surface area (Å²) in [5.74, 6) is -0.124. The monoisotopic (exact) mass is 521 g/mol. The van der Waals surface area contributed by atoms with Gasteiger partial charge in [-0.2, -0.15) is 0 Å². The van der Waals surface area contributed by atoms with Gasteiger partial charge < -0.3 is 24.8 Å². The second-order valence-corrected chi connectivity index (χ2v) is 9.60. The van der Waals surface area contributed by atoms with Crippen molar-refractivity contribution in [3.05, 3.63) is 76.5 Å². The molecule has 2 aliphatic heterocycles. The van der Waals surface area contributed by atoms with Gasteiger partial charge in [0.25, 0.3) is 5.91 Å². The van der Waals surface area contributed by atoms with Crippen LogP contribution in [-0.2, 0) is 14.3 Å². The van der Waals surface area contributed by atoms with Gasteiger partial charge in [-0.05, 0) is 42.0 Å². The molecule has 2 N–H and O–H groups in total. The summed E-state index contributed by atoms with van der Waals surface area (Å²) >= 11 is 1.28. The van der Waals surface area contributed by atoms with E-state index in [-0.39, 0.29) is 31.3 Å². The van der Waals surface area contributed by atoms with Crippen LogP contribution >= 0.6 is 11.3 Å². The first kappa shape index (κ1) is 24.8. The summed E-state index contributed by atoms with van der Waals surface area (Å²) in [6.07, 6.45) is 1.77. The van der Waals surface area contributed by atoms with Crippen molar-refractivity contribution < 1.29 is 28.6 Å². The van der Waals surface area contributed by atoms with Crippen molar-refractivity contribution in [1.29, 1.82) is 0 Å². The van der Waals surface area contributed by atoms with E-state index in [2.05, 4.69) is 10.6 Å². The molecule has 0 unspecified atom stereocenters. The third-order valence-corrected chi connectivity index (χ3v) is 7.07. The third kappa shape index (κ3) is 5.76. The number of hydrogen-bond acceptors (Lipinski definition) is 7. The highest BCUT2D eigenvalue weighted by Crippen LogP contribution is 2.38. The van der Waals surface area contributed by atoms with Gasteiger partial charge in [0, 0.05) is 24.9 Å². The Hall–Kier alpha value is -3.89. The molecule has 0 saturated carbocycles. The molecule has 9 nitrogen and oxygen atoms in total. The minimum atomic E-state index is -0.992. The number of nitrogens with zero attached hydrogens (tertiary/aromatic N) is 1. The molecule has 1 saturated heterocycles. The molecule has 5 rings (SSSR count). The number of carbonyl (C=O) groups is 3. The van der Waals surface area contributed by atoms with Crippen LogP contribution in [0.1, 0.15) is 34.1 Å². The molecule has 3 aromatic rings. The summed E-state index contributed by atoms with van der Waals surface area (Å²) in [5.41, 5.74) is 1.07. The second kappa shape index (κ2) is 11.4. The number of carbonyl (C=O) groups excluding carboxylic acids is 3. The van der Waals surface area contributed by atoms with Crippen LogP contribution in [0.4, 0.5) is 5.69 Å². The minimum absolute atomic E-state index is 0.0554. The fourth-order valence-electron chi connectivity index (χ4n) is 4.38. The van der Waals surface area contributed by atoms with Crippen LogP contribution < -0.4 is 25.0 Å². The topological polar surface area (TPSA) is 106 Å². The van der Waals surface area contributed by atoms with Crippen LogP contribution in [0.25, 0.3) is 0 Å². The van der Waals surface area contributed by atoms with Crippen molar-refractivity contribution in [3.8, 4) is 11.5 Å². The van der Waals surface area contributed by atoms with Crippen molar-refractivity contribution in [2.24, 2.45) is 0 Å². The second-order valence-electron chi connectivity index (χ2n) is 8.65. The molecule has 192 valence electrons. The third-order valence-electron chi connectivity index (χ3n) is 6.20. The van der Waals surface area contributed by atoms with Gasteiger partial charge in [-0.3, -0.25) is 19.3 Å². The van der Waals surface area contributed by atoms with Crippen molar-refractivity contribution in [2.75, 3.05) is 31.4 Å². The van der Waals surface area contributed by atoms with E-state index in [4.69, 9.17) is 14.2 Å². The molecule has 0 spiro atoms. The number of ether oxygens (including phenoxy) is 3. The van der Waals surface area contributed by atoms with Gasteiger partial charge in [-0.15, -0.1) is 11.3 Å². The molecule has 1 fully saturated rings. The molecule has 0 bridgehead atoms. The van der Waals surface area contributed by atoms with Crippen molar-refractivity contribution in [2.45, 2.75) is 25.0 Å². The number of fused-ring (bicyclic) bond motifs is 1. The Morgan fingerprint density at radius 3 is 2.59 bits per heavy atom. The number of amides is 3. The summed E-state index contributed by atoms with van der Waals surface area (Å²) in [6.45, 7) is 0.802. The van der Waals surface area contributed by atoms with Gasteiger partial charge in [-0.25, -0.2) is 0 Å². The number of benzene rings is 2. The van der Waals surface area contributed by atoms with Crippen molar-refractivity contribution in [1.82, 2.24) is 10.6 Å². The molecule has 1 aromatic heterocycles. The highest BCUT2D eigenvalue weighted by Gasteiger charge is 2.34. The summed E-state index contributed by atoms with van der Waals surface area (Å²) in [7, 11) is 0. The fraction of sp³-hybridized carbons (Fsp3) is 0.296. The van der Waals surface area contributed by atoms with Gasteiger partial charge in [0.2, 0.25) is 18.6 Å². The Morgan fingerprint density at radius 2 is 1.84 bits per heavy atom. The maximum absolute atomic E-state index is 13.7. The zero-order valence-electron chi connectivity index (χ0n) is 20.1. The van der Waals surface area contributed by atoms with E-state index in [0.717, 1.165) is 12.8 Å². The molecule has 10 heteroatoms. The van der Waals surface area contributed by atoms with Crippen LogP contribution in [-0.4, -0.2) is 50.3 Å². The van der Waals surface area contributed by atoms with E-state index in [1.807, 2.05) is 18.2 Å². The number of anilines is 1. The Morgan fingerprint density at radius 1 is 1.00 bits per heavy atom. The van der Waals surface area contributed by atoms with E-state index in [9.17, 15) is 14.4 Å². The van der Waals surface area contributed by atoms with E-state index >= 15 is 0 Å². The van der Waals surface area contributed by atoms with Crippen LogP contribution in [0.3, 0.4) is 0 Å². The van der Waals surface area contributed by atoms with Crippen LogP contribution in [0.2, 0.25) is 0 Å². The maximum Gasteiger partial charge on any atom is 0.261 e. The van der Waals surface area contributed by atoms with Crippen LogP contribution in [0.5, 0.6) is 11.5 Å². The quantitative estimate of drug-likeness (QED) is 0.448. The minimum Gasteiger partial charge on any atom is -0.454 e. The largest absolute Gasteiger partial charge is 0.454 e. The lowest BCUT2D eigenvalue weighted by molar-refractivity contribution is -0.126. The standard InChI is InChI=1S/C27H27N3O6S/c31-24(16-29-26(32)23-9-5-13-37-23)30(19-10-11-21-22(14-19)36-17-35-21)25(18-6-2-1-3-7-18)27(33)28-15-20-8-4-12-34-20/h1-3,5-7,9-11,13-14,20,25H,4,8,12,15-17H2,(H,28,33)(H,29,32)/t20-,25+/m0/s1. The Labute approximate surface area is 218 Å². The van der Waals surface area contributed by atoms with Crippen LogP contribution in [0.15, 0.2) is 66.0 Å². The van der Waals surface area contributed by atoms with Crippen molar-refractivity contribution >= 4 is 34.7 Å². The molecule has 2 aliphatic rings. The van der Waals surface area contributed by atoms with E-state index < -0.39 is 11.9 Å². The first-order chi connectivity index (χ1) is 18.1. The number of rotatable bonds is 9. The molecule has 3 heterocycles. The normalized spacial score (nSPS) is 16.7. The fourth-order valence-corrected chi connectivity index (χ4v) is 5.02. The van der Waals surface area contributed by atoms with Gasteiger partial charge in [0.15, 0.2) is 11.5 Å². The van der Waals surface area contributed by atoms with E-state index in [1.54, 1.807) is 47.8 Å². The Bertz CT molecular complexity index is 1240. The lowest BCUT2D eigenvalue weighted by atomic mass is 10.0. The molecule has 0 radical (unpaired) electrons. The molecular weight excluding hydrogens is 494 g/mol. The number of thiophene rings is 1. The lowest BCUT2D eigenvalue weighted by Crippen LogP contribution is -2.48.